The van der Waals surface area contributed by atoms with Crippen LogP contribution in [0.25, 0.3) is 11.3 Å². The monoisotopic (exact) mass is 279 g/mol. The molecule has 0 saturated carbocycles. The lowest BCUT2D eigenvalue weighted by molar-refractivity contribution is 0.317. The molecule has 0 fully saturated rings. The van der Waals surface area contributed by atoms with Gasteiger partial charge in [0.2, 0.25) is 0 Å². The Morgan fingerprint density at radius 1 is 1.29 bits per heavy atom. The number of rotatable bonds is 5. The van der Waals surface area contributed by atoms with Crippen LogP contribution < -0.4 is 10.5 Å². The summed E-state index contributed by atoms with van der Waals surface area (Å²) < 4.78 is 5.59. The SMILES string of the molecule is CCCOc1cccc(/C(N)=C(/C#N)c2cccnc2)c1. The highest BCUT2D eigenvalue weighted by Crippen LogP contribution is 2.24. The molecule has 2 aromatic rings. The van der Waals surface area contributed by atoms with Crippen LogP contribution in [-0.4, -0.2) is 11.6 Å². The van der Waals surface area contributed by atoms with Crippen molar-refractivity contribution in [2.75, 3.05) is 6.61 Å². The van der Waals surface area contributed by atoms with E-state index in [0.29, 0.717) is 23.4 Å². The number of pyridine rings is 1. The first-order valence-corrected chi connectivity index (χ1v) is 6.79. The molecule has 21 heavy (non-hydrogen) atoms. The third kappa shape index (κ3) is 3.61. The molecule has 1 aromatic heterocycles. The molecule has 0 radical (unpaired) electrons. The fraction of sp³-hybridized carbons (Fsp3) is 0.176. The van der Waals surface area contributed by atoms with Crippen molar-refractivity contribution in [1.82, 2.24) is 4.98 Å². The number of nitrogens with zero attached hydrogens (tertiary/aromatic N) is 2. The van der Waals surface area contributed by atoms with Gasteiger partial charge >= 0.3 is 0 Å². The fourth-order valence-corrected chi connectivity index (χ4v) is 1.91. The van der Waals surface area contributed by atoms with Gasteiger partial charge in [-0.3, -0.25) is 4.98 Å². The lowest BCUT2D eigenvalue weighted by Gasteiger charge is -2.09. The number of allylic oxidation sites excluding steroid dienone is 1. The van der Waals surface area contributed by atoms with Crippen molar-refractivity contribution in [3.8, 4) is 11.8 Å². The van der Waals surface area contributed by atoms with Crippen LogP contribution in [0.1, 0.15) is 24.5 Å². The van der Waals surface area contributed by atoms with Crippen molar-refractivity contribution in [1.29, 1.82) is 5.26 Å². The van der Waals surface area contributed by atoms with Gasteiger partial charge in [-0.05, 0) is 24.6 Å². The summed E-state index contributed by atoms with van der Waals surface area (Å²) in [5.74, 6) is 0.751. The Balaban J connectivity index is 2.39. The molecule has 0 bridgehead atoms. The average Bonchev–Trinajstić information content (AvgIpc) is 2.55. The van der Waals surface area contributed by atoms with Crippen molar-refractivity contribution < 1.29 is 4.74 Å². The molecular formula is C17H17N3O. The zero-order valence-electron chi connectivity index (χ0n) is 11.9. The highest BCUT2D eigenvalue weighted by molar-refractivity contribution is 5.95. The number of nitriles is 1. The highest BCUT2D eigenvalue weighted by Gasteiger charge is 2.09. The normalized spacial score (nSPS) is 11.4. The van der Waals surface area contributed by atoms with E-state index in [0.717, 1.165) is 17.7 Å². The Hall–Kier alpha value is -2.80. The van der Waals surface area contributed by atoms with E-state index in [-0.39, 0.29) is 0 Å². The summed E-state index contributed by atoms with van der Waals surface area (Å²) in [6, 6.07) is 13.2. The summed E-state index contributed by atoms with van der Waals surface area (Å²) >= 11 is 0. The topological polar surface area (TPSA) is 71.9 Å². The molecule has 106 valence electrons. The van der Waals surface area contributed by atoms with Crippen LogP contribution in [0.3, 0.4) is 0 Å². The Kier molecular flexibility index (Phi) is 4.94. The van der Waals surface area contributed by atoms with Crippen LogP contribution in [0.15, 0.2) is 48.8 Å². The van der Waals surface area contributed by atoms with Gasteiger partial charge in [0.05, 0.1) is 17.9 Å². The molecule has 2 rings (SSSR count). The predicted molar refractivity (Wildman–Crippen MR) is 83.1 cm³/mol. The van der Waals surface area contributed by atoms with Crippen molar-refractivity contribution in [3.63, 3.8) is 0 Å². The summed E-state index contributed by atoms with van der Waals surface area (Å²) in [6.07, 6.45) is 4.23. The molecule has 1 heterocycles. The van der Waals surface area contributed by atoms with Gasteiger partial charge in [0.1, 0.15) is 11.8 Å². The summed E-state index contributed by atoms with van der Waals surface area (Å²) in [5, 5.41) is 9.38. The molecule has 0 aliphatic rings. The molecule has 0 unspecified atom stereocenters. The fourth-order valence-electron chi connectivity index (χ4n) is 1.91. The van der Waals surface area contributed by atoms with E-state index in [1.807, 2.05) is 37.3 Å². The number of hydrogen-bond donors (Lipinski definition) is 1. The molecule has 0 aliphatic carbocycles. The minimum Gasteiger partial charge on any atom is -0.494 e. The average molecular weight is 279 g/mol. The Labute approximate surface area is 124 Å². The highest BCUT2D eigenvalue weighted by atomic mass is 16.5. The maximum Gasteiger partial charge on any atom is 0.119 e. The molecule has 0 spiro atoms. The van der Waals surface area contributed by atoms with Gasteiger partial charge in [0.25, 0.3) is 0 Å². The van der Waals surface area contributed by atoms with Gasteiger partial charge in [0.15, 0.2) is 0 Å². The van der Waals surface area contributed by atoms with E-state index >= 15 is 0 Å². The smallest absolute Gasteiger partial charge is 0.119 e. The molecule has 0 amide bonds. The first-order chi connectivity index (χ1) is 10.3. The van der Waals surface area contributed by atoms with Crippen molar-refractivity contribution >= 4 is 11.3 Å². The van der Waals surface area contributed by atoms with Gasteiger partial charge < -0.3 is 10.5 Å². The Bertz CT molecular complexity index is 672. The van der Waals surface area contributed by atoms with E-state index < -0.39 is 0 Å². The zero-order chi connectivity index (χ0) is 15.1. The molecule has 4 nitrogen and oxygen atoms in total. The van der Waals surface area contributed by atoms with Gasteiger partial charge in [-0.25, -0.2) is 0 Å². The third-order valence-corrected chi connectivity index (χ3v) is 2.95. The minimum atomic E-state index is 0.413. The van der Waals surface area contributed by atoms with Gasteiger partial charge in [-0.15, -0.1) is 0 Å². The van der Waals surface area contributed by atoms with Crippen LogP contribution >= 0.6 is 0 Å². The summed E-state index contributed by atoms with van der Waals surface area (Å²) in [6.45, 7) is 2.70. The number of nitrogens with two attached hydrogens (primary N) is 1. The van der Waals surface area contributed by atoms with Gasteiger partial charge in [0, 0.05) is 23.5 Å². The van der Waals surface area contributed by atoms with Gasteiger partial charge in [-0.1, -0.05) is 25.1 Å². The zero-order valence-corrected chi connectivity index (χ0v) is 11.9. The Morgan fingerprint density at radius 2 is 2.10 bits per heavy atom. The van der Waals surface area contributed by atoms with E-state index in [1.54, 1.807) is 18.5 Å². The van der Waals surface area contributed by atoms with E-state index in [9.17, 15) is 5.26 Å². The third-order valence-electron chi connectivity index (χ3n) is 2.95. The van der Waals surface area contributed by atoms with E-state index in [4.69, 9.17) is 10.5 Å². The van der Waals surface area contributed by atoms with Crippen molar-refractivity contribution in [3.05, 3.63) is 59.9 Å². The van der Waals surface area contributed by atoms with Gasteiger partial charge in [-0.2, -0.15) is 5.26 Å². The minimum absolute atomic E-state index is 0.413. The lowest BCUT2D eigenvalue weighted by atomic mass is 10.0. The second-order valence-corrected chi connectivity index (χ2v) is 4.52. The van der Waals surface area contributed by atoms with Crippen molar-refractivity contribution in [2.24, 2.45) is 5.73 Å². The first-order valence-electron chi connectivity index (χ1n) is 6.79. The largest absolute Gasteiger partial charge is 0.494 e. The number of benzene rings is 1. The summed E-state index contributed by atoms with van der Waals surface area (Å²) in [4.78, 5) is 4.02. The summed E-state index contributed by atoms with van der Waals surface area (Å²) in [5.41, 5.74) is 8.46. The molecule has 2 N–H and O–H groups in total. The van der Waals surface area contributed by atoms with E-state index in [2.05, 4.69) is 11.1 Å². The van der Waals surface area contributed by atoms with Crippen LogP contribution in [-0.2, 0) is 0 Å². The molecular weight excluding hydrogens is 262 g/mol. The summed E-state index contributed by atoms with van der Waals surface area (Å²) in [7, 11) is 0. The van der Waals surface area contributed by atoms with E-state index in [1.165, 1.54) is 0 Å². The van der Waals surface area contributed by atoms with Crippen LogP contribution in [0, 0.1) is 11.3 Å². The molecule has 0 aliphatic heterocycles. The second-order valence-electron chi connectivity index (χ2n) is 4.52. The molecule has 0 saturated heterocycles. The molecule has 1 aromatic carbocycles. The van der Waals surface area contributed by atoms with Crippen LogP contribution in [0.2, 0.25) is 0 Å². The second kappa shape index (κ2) is 7.11. The maximum atomic E-state index is 9.38. The Morgan fingerprint density at radius 3 is 2.76 bits per heavy atom. The lowest BCUT2D eigenvalue weighted by Crippen LogP contribution is -2.02. The maximum absolute atomic E-state index is 9.38. The van der Waals surface area contributed by atoms with Crippen molar-refractivity contribution in [2.45, 2.75) is 13.3 Å². The molecule has 4 heteroatoms. The van der Waals surface area contributed by atoms with Crippen LogP contribution in [0.4, 0.5) is 0 Å². The quantitative estimate of drug-likeness (QED) is 0.853. The van der Waals surface area contributed by atoms with Crippen LogP contribution in [0.5, 0.6) is 5.75 Å². The molecule has 0 atom stereocenters. The standard InChI is InChI=1S/C17H17N3O/c1-2-9-21-15-7-3-5-13(10-15)17(19)16(11-18)14-6-4-8-20-12-14/h3-8,10,12H,2,9,19H2,1H3/b17-16+. The number of ether oxygens (including phenoxy) is 1. The first kappa shape index (κ1) is 14.6. The predicted octanol–water partition coefficient (Wildman–Crippen LogP) is 3.22. The number of aromatic nitrogens is 1. The number of hydrogen-bond acceptors (Lipinski definition) is 4.